The van der Waals surface area contributed by atoms with Gasteiger partial charge in [-0.25, -0.2) is 4.57 Å². The van der Waals surface area contributed by atoms with Crippen LogP contribution in [0.25, 0.3) is 33.2 Å². The standard InChI is InChI=1S/C31H38NSi/c1-8-33(9-2,22(3)4)28-15-16-29-26(20-28)17-18-32(7)31(29)30-21-27(19-23(5)24(30)6)25-13-11-10-12-14-25/h10-22H,8-9H2,1-7H3/q+1. The second kappa shape index (κ2) is 9.27. The zero-order chi connectivity index (χ0) is 23.8. The maximum atomic E-state index is 2.52. The monoisotopic (exact) mass is 452 g/mol. The van der Waals surface area contributed by atoms with Crippen LogP contribution in [0.4, 0.5) is 0 Å². The van der Waals surface area contributed by atoms with Crippen LogP contribution in [0, 0.1) is 13.8 Å². The van der Waals surface area contributed by atoms with Crippen molar-refractivity contribution in [2.24, 2.45) is 7.05 Å². The summed E-state index contributed by atoms with van der Waals surface area (Å²) < 4.78 is 2.30. The van der Waals surface area contributed by atoms with Crippen molar-refractivity contribution in [1.29, 1.82) is 0 Å². The molecule has 0 amide bonds. The molecule has 0 radical (unpaired) electrons. The number of aromatic nitrogens is 1. The van der Waals surface area contributed by atoms with Crippen molar-refractivity contribution >= 4 is 24.0 Å². The molecule has 0 saturated carbocycles. The Morgan fingerprint density at radius 3 is 2.15 bits per heavy atom. The fourth-order valence-corrected chi connectivity index (χ4v) is 10.2. The average Bonchev–Trinajstić information content (AvgIpc) is 2.82. The van der Waals surface area contributed by atoms with Crippen LogP contribution in [0.3, 0.4) is 0 Å². The fraction of sp³-hybridized carbons (Fsp3) is 0.323. The van der Waals surface area contributed by atoms with E-state index in [1.807, 2.05) is 0 Å². The topological polar surface area (TPSA) is 3.88 Å². The molecule has 0 spiro atoms. The van der Waals surface area contributed by atoms with Gasteiger partial charge >= 0.3 is 0 Å². The lowest BCUT2D eigenvalue weighted by molar-refractivity contribution is -0.659. The van der Waals surface area contributed by atoms with E-state index in [9.17, 15) is 0 Å². The number of benzene rings is 3. The Hall–Kier alpha value is -2.71. The van der Waals surface area contributed by atoms with Crippen molar-refractivity contribution in [1.82, 2.24) is 0 Å². The molecular weight excluding hydrogens is 414 g/mol. The van der Waals surface area contributed by atoms with E-state index in [1.54, 1.807) is 5.19 Å². The van der Waals surface area contributed by atoms with Gasteiger partial charge in [0.25, 0.3) is 0 Å². The first-order chi connectivity index (χ1) is 15.8. The maximum Gasteiger partial charge on any atom is 0.220 e. The molecular formula is C31H38NSi+. The minimum absolute atomic E-state index is 0.747. The van der Waals surface area contributed by atoms with Crippen molar-refractivity contribution in [2.45, 2.75) is 59.2 Å². The predicted octanol–water partition coefficient (Wildman–Crippen LogP) is 7.72. The van der Waals surface area contributed by atoms with Gasteiger partial charge in [0.2, 0.25) is 5.69 Å². The third-order valence-electron chi connectivity index (χ3n) is 8.11. The quantitative estimate of drug-likeness (QED) is 0.208. The van der Waals surface area contributed by atoms with E-state index in [4.69, 9.17) is 0 Å². The summed E-state index contributed by atoms with van der Waals surface area (Å²) in [4.78, 5) is 0. The van der Waals surface area contributed by atoms with Crippen LogP contribution in [-0.4, -0.2) is 8.07 Å². The second-order valence-electron chi connectivity index (χ2n) is 9.93. The third-order valence-corrected chi connectivity index (χ3v) is 14.3. The van der Waals surface area contributed by atoms with Crippen LogP contribution in [-0.2, 0) is 7.05 Å². The van der Waals surface area contributed by atoms with Crippen molar-refractivity contribution < 1.29 is 4.57 Å². The van der Waals surface area contributed by atoms with Gasteiger partial charge < -0.3 is 0 Å². The van der Waals surface area contributed by atoms with E-state index >= 15 is 0 Å². The number of hydrogen-bond donors (Lipinski definition) is 0. The Kier molecular flexibility index (Phi) is 6.58. The molecule has 0 unspecified atom stereocenters. The van der Waals surface area contributed by atoms with Crippen LogP contribution < -0.4 is 9.75 Å². The first-order valence-electron chi connectivity index (χ1n) is 12.4. The van der Waals surface area contributed by atoms with E-state index in [-0.39, 0.29) is 0 Å². The Labute approximate surface area is 201 Å². The highest BCUT2D eigenvalue weighted by molar-refractivity contribution is 6.92. The molecule has 4 aromatic rings. The molecule has 0 aliphatic rings. The van der Waals surface area contributed by atoms with E-state index < -0.39 is 8.07 Å². The highest BCUT2D eigenvalue weighted by Gasteiger charge is 2.35. The molecule has 0 atom stereocenters. The molecule has 1 heterocycles. The molecule has 0 bridgehead atoms. The van der Waals surface area contributed by atoms with Gasteiger partial charge in [0.15, 0.2) is 6.20 Å². The van der Waals surface area contributed by atoms with E-state index in [0.717, 1.165) is 5.54 Å². The van der Waals surface area contributed by atoms with Gasteiger partial charge in [-0.1, -0.05) is 93.5 Å². The molecule has 1 nitrogen and oxygen atoms in total. The highest BCUT2D eigenvalue weighted by atomic mass is 28.3. The maximum absolute atomic E-state index is 2.52. The summed E-state index contributed by atoms with van der Waals surface area (Å²) in [7, 11) is 0.674. The van der Waals surface area contributed by atoms with Crippen LogP contribution >= 0.6 is 0 Å². The summed E-state index contributed by atoms with van der Waals surface area (Å²) in [6, 6.07) is 27.7. The van der Waals surface area contributed by atoms with E-state index in [2.05, 4.69) is 126 Å². The lowest BCUT2D eigenvalue weighted by atomic mass is 9.92. The van der Waals surface area contributed by atoms with Crippen molar-refractivity contribution in [3.63, 3.8) is 0 Å². The molecule has 0 saturated heterocycles. The van der Waals surface area contributed by atoms with E-state index in [0.29, 0.717) is 0 Å². The molecule has 1 aromatic heterocycles. The van der Waals surface area contributed by atoms with Gasteiger partial charge in [-0.3, -0.25) is 0 Å². The van der Waals surface area contributed by atoms with Gasteiger partial charge in [0.1, 0.15) is 7.05 Å². The van der Waals surface area contributed by atoms with Crippen molar-refractivity contribution in [2.75, 3.05) is 0 Å². The smallest absolute Gasteiger partial charge is 0.200 e. The molecule has 3 aromatic carbocycles. The Bertz CT molecular complexity index is 1280. The first kappa shape index (κ1) is 23.4. The summed E-state index contributed by atoms with van der Waals surface area (Å²) >= 11 is 0. The number of fused-ring (bicyclic) bond motifs is 1. The minimum Gasteiger partial charge on any atom is -0.200 e. The average molecular weight is 453 g/mol. The van der Waals surface area contributed by atoms with E-state index in [1.165, 1.54) is 56.4 Å². The second-order valence-corrected chi connectivity index (χ2v) is 15.4. The number of pyridine rings is 1. The predicted molar refractivity (Wildman–Crippen MR) is 147 cm³/mol. The lowest BCUT2D eigenvalue weighted by Gasteiger charge is -2.34. The molecule has 4 rings (SSSR count). The highest BCUT2D eigenvalue weighted by Crippen LogP contribution is 2.35. The lowest BCUT2D eigenvalue weighted by Crippen LogP contribution is -2.49. The van der Waals surface area contributed by atoms with Crippen LogP contribution in [0.1, 0.15) is 38.8 Å². The van der Waals surface area contributed by atoms with Crippen molar-refractivity contribution in [3.8, 4) is 22.4 Å². The largest absolute Gasteiger partial charge is 0.220 e. The number of hydrogen-bond acceptors (Lipinski definition) is 0. The van der Waals surface area contributed by atoms with Crippen LogP contribution in [0.15, 0.2) is 72.9 Å². The first-order valence-corrected chi connectivity index (χ1v) is 14.9. The Morgan fingerprint density at radius 2 is 1.52 bits per heavy atom. The van der Waals surface area contributed by atoms with Gasteiger partial charge in [-0.15, -0.1) is 0 Å². The number of nitrogens with zero attached hydrogens (tertiary/aromatic N) is 1. The molecule has 2 heteroatoms. The molecule has 0 N–H and O–H groups in total. The number of aryl methyl sites for hydroxylation is 2. The summed E-state index contributed by atoms with van der Waals surface area (Å²) in [6.07, 6.45) is 2.24. The molecule has 33 heavy (non-hydrogen) atoms. The molecule has 0 aliphatic heterocycles. The zero-order valence-electron chi connectivity index (χ0n) is 21.4. The molecule has 0 fully saturated rings. The Morgan fingerprint density at radius 1 is 0.818 bits per heavy atom. The van der Waals surface area contributed by atoms with Gasteiger partial charge in [-0.05, 0) is 59.2 Å². The summed E-state index contributed by atoms with van der Waals surface area (Å²) in [5, 5.41) is 4.32. The zero-order valence-corrected chi connectivity index (χ0v) is 22.4. The SMILES string of the molecule is CC[Si](CC)(c1ccc2c(-c3cc(-c4ccccc4)cc(C)c3C)[n+](C)ccc2c1)C(C)C. The van der Waals surface area contributed by atoms with Crippen LogP contribution in [0.2, 0.25) is 17.6 Å². The normalized spacial score (nSPS) is 12.0. The van der Waals surface area contributed by atoms with Gasteiger partial charge in [-0.2, -0.15) is 0 Å². The third kappa shape index (κ3) is 4.06. The van der Waals surface area contributed by atoms with Gasteiger partial charge in [0.05, 0.1) is 19.0 Å². The summed E-state index contributed by atoms with van der Waals surface area (Å²) in [5.41, 5.74) is 8.63. The fourth-order valence-electron chi connectivity index (χ4n) is 5.73. The van der Waals surface area contributed by atoms with Crippen LogP contribution in [0.5, 0.6) is 0 Å². The Balaban J connectivity index is 1.96. The molecule has 0 aliphatic carbocycles. The minimum atomic E-state index is -1.50. The molecule has 170 valence electrons. The number of rotatable bonds is 6. The van der Waals surface area contributed by atoms with Gasteiger partial charge in [0, 0.05) is 6.07 Å². The summed E-state index contributed by atoms with van der Waals surface area (Å²) in [5.74, 6) is 0. The van der Waals surface area contributed by atoms with Crippen molar-refractivity contribution in [3.05, 3.63) is 84.1 Å². The summed E-state index contributed by atoms with van der Waals surface area (Å²) in [6.45, 7) is 14.2.